The van der Waals surface area contributed by atoms with Gasteiger partial charge in [0.2, 0.25) is 0 Å². The maximum Gasteiger partial charge on any atom is 0.306 e. The van der Waals surface area contributed by atoms with Crippen LogP contribution < -0.4 is 0 Å². The van der Waals surface area contributed by atoms with Crippen LogP contribution in [0.15, 0.2) is 12.1 Å². The lowest BCUT2D eigenvalue weighted by atomic mass is 10.1. The van der Waals surface area contributed by atoms with Crippen LogP contribution in [0.4, 0.5) is 13.2 Å². The highest BCUT2D eigenvalue weighted by Gasteiger charge is 2.16. The molecule has 31 heavy (non-hydrogen) atoms. The minimum absolute atomic E-state index is 0.176. The van der Waals surface area contributed by atoms with Gasteiger partial charge in [0, 0.05) is 0 Å². The van der Waals surface area contributed by atoms with Gasteiger partial charge in [-0.1, -0.05) is 71.1 Å². The standard InChI is InChI=1S/C24H35F3O4/c1-2-3-4-5-6-7-8-9-10-11-12-17-30-22(28)15-16-23(29)31-18-19-20(25)13-14-21(26)24(19)27/h13-14H,2-12,15-18H2,1H3. The highest BCUT2D eigenvalue weighted by atomic mass is 19.2. The Bertz CT molecular complexity index is 664. The molecule has 0 aliphatic rings. The summed E-state index contributed by atoms with van der Waals surface area (Å²) in [7, 11) is 0. The first-order chi connectivity index (χ1) is 15.0. The van der Waals surface area contributed by atoms with Crippen LogP contribution in [0.25, 0.3) is 0 Å². The summed E-state index contributed by atoms with van der Waals surface area (Å²) < 4.78 is 49.9. The molecule has 4 nitrogen and oxygen atoms in total. The first kappa shape index (κ1) is 27.0. The summed E-state index contributed by atoms with van der Waals surface area (Å²) in [6.07, 6.45) is 12.8. The fraction of sp³-hybridized carbons (Fsp3) is 0.667. The number of carbonyl (C=O) groups is 2. The lowest BCUT2D eigenvalue weighted by molar-refractivity contribution is -0.151. The third-order valence-corrected chi connectivity index (χ3v) is 5.06. The van der Waals surface area contributed by atoms with E-state index in [-0.39, 0.29) is 12.8 Å². The van der Waals surface area contributed by atoms with E-state index in [1.165, 1.54) is 51.4 Å². The number of rotatable bonds is 17. The fourth-order valence-corrected chi connectivity index (χ4v) is 3.15. The Morgan fingerprint density at radius 3 is 1.77 bits per heavy atom. The first-order valence-electron chi connectivity index (χ1n) is 11.4. The number of carbonyl (C=O) groups excluding carboxylic acids is 2. The third kappa shape index (κ3) is 12.4. The molecule has 1 aromatic carbocycles. The lowest BCUT2D eigenvalue weighted by Crippen LogP contribution is -2.12. The highest BCUT2D eigenvalue weighted by Crippen LogP contribution is 2.17. The molecule has 0 bridgehead atoms. The van der Waals surface area contributed by atoms with Crippen molar-refractivity contribution < 1.29 is 32.2 Å². The van der Waals surface area contributed by atoms with Gasteiger partial charge in [-0.15, -0.1) is 0 Å². The van der Waals surface area contributed by atoms with E-state index in [1.54, 1.807) is 0 Å². The molecular formula is C24H35F3O4. The highest BCUT2D eigenvalue weighted by molar-refractivity contribution is 5.77. The van der Waals surface area contributed by atoms with Gasteiger partial charge >= 0.3 is 11.9 Å². The molecule has 0 unspecified atom stereocenters. The van der Waals surface area contributed by atoms with E-state index in [9.17, 15) is 22.8 Å². The quantitative estimate of drug-likeness (QED) is 0.151. The molecule has 0 atom stereocenters. The molecule has 176 valence electrons. The van der Waals surface area contributed by atoms with E-state index in [4.69, 9.17) is 9.47 Å². The summed E-state index contributed by atoms with van der Waals surface area (Å²) in [5, 5.41) is 0. The number of benzene rings is 1. The van der Waals surface area contributed by atoms with Crippen molar-refractivity contribution in [3.8, 4) is 0 Å². The molecule has 1 aromatic rings. The SMILES string of the molecule is CCCCCCCCCCCCCOC(=O)CCC(=O)OCc1c(F)ccc(F)c1F. The van der Waals surface area contributed by atoms with Crippen LogP contribution in [0.3, 0.4) is 0 Å². The molecule has 0 radical (unpaired) electrons. The summed E-state index contributed by atoms with van der Waals surface area (Å²) in [6.45, 7) is 1.79. The maximum atomic E-state index is 13.5. The van der Waals surface area contributed by atoms with Gasteiger partial charge in [-0.2, -0.15) is 0 Å². The Morgan fingerprint density at radius 2 is 1.19 bits per heavy atom. The Hall–Kier alpha value is -2.05. The second kappa shape index (κ2) is 16.6. The zero-order valence-corrected chi connectivity index (χ0v) is 18.5. The number of hydrogen-bond acceptors (Lipinski definition) is 4. The molecule has 0 aromatic heterocycles. The van der Waals surface area contributed by atoms with Crippen LogP contribution in [0.5, 0.6) is 0 Å². The van der Waals surface area contributed by atoms with Crippen LogP contribution in [0, 0.1) is 17.5 Å². The molecule has 0 N–H and O–H groups in total. The molecule has 0 amide bonds. The molecule has 0 fully saturated rings. The molecule has 0 aliphatic carbocycles. The number of unbranched alkanes of at least 4 members (excludes halogenated alkanes) is 10. The van der Waals surface area contributed by atoms with E-state index >= 15 is 0 Å². The van der Waals surface area contributed by atoms with Gasteiger partial charge in [0.1, 0.15) is 12.4 Å². The van der Waals surface area contributed by atoms with Crippen molar-refractivity contribution in [3.05, 3.63) is 35.1 Å². The van der Waals surface area contributed by atoms with E-state index in [0.29, 0.717) is 12.7 Å². The Labute approximate surface area is 183 Å². The Balaban J connectivity index is 2.01. The molecule has 0 saturated heterocycles. The van der Waals surface area contributed by atoms with Crippen molar-refractivity contribution >= 4 is 11.9 Å². The molecule has 0 aliphatic heterocycles. The number of ether oxygens (including phenoxy) is 2. The van der Waals surface area contributed by atoms with Gasteiger partial charge < -0.3 is 9.47 Å². The van der Waals surface area contributed by atoms with Crippen molar-refractivity contribution in [1.29, 1.82) is 0 Å². The zero-order valence-electron chi connectivity index (χ0n) is 18.5. The second-order valence-corrected chi connectivity index (χ2v) is 7.74. The van der Waals surface area contributed by atoms with E-state index < -0.39 is 41.6 Å². The van der Waals surface area contributed by atoms with Crippen molar-refractivity contribution in [3.63, 3.8) is 0 Å². The summed E-state index contributed by atoms with van der Waals surface area (Å²) >= 11 is 0. The minimum Gasteiger partial charge on any atom is -0.466 e. The topological polar surface area (TPSA) is 52.6 Å². The fourth-order valence-electron chi connectivity index (χ4n) is 3.15. The first-order valence-corrected chi connectivity index (χ1v) is 11.4. The minimum atomic E-state index is -1.39. The van der Waals surface area contributed by atoms with Crippen molar-refractivity contribution in [2.24, 2.45) is 0 Å². The average Bonchev–Trinajstić information content (AvgIpc) is 2.75. The lowest BCUT2D eigenvalue weighted by Gasteiger charge is -2.08. The monoisotopic (exact) mass is 444 g/mol. The van der Waals surface area contributed by atoms with Crippen molar-refractivity contribution in [1.82, 2.24) is 0 Å². The third-order valence-electron chi connectivity index (χ3n) is 5.06. The largest absolute Gasteiger partial charge is 0.466 e. The normalized spacial score (nSPS) is 10.8. The van der Waals surface area contributed by atoms with E-state index in [0.717, 1.165) is 25.3 Å². The van der Waals surface area contributed by atoms with Crippen LogP contribution in [0.1, 0.15) is 96.0 Å². The molecule has 0 heterocycles. The molecule has 0 saturated carbocycles. The zero-order chi connectivity index (χ0) is 22.9. The van der Waals surface area contributed by atoms with E-state index in [2.05, 4.69) is 6.92 Å². The summed E-state index contributed by atoms with van der Waals surface area (Å²) in [4.78, 5) is 23.3. The molecule has 1 rings (SSSR count). The van der Waals surface area contributed by atoms with Crippen LogP contribution in [0.2, 0.25) is 0 Å². The van der Waals surface area contributed by atoms with Crippen molar-refractivity contribution in [2.45, 2.75) is 97.0 Å². The Morgan fingerprint density at radius 1 is 0.710 bits per heavy atom. The summed E-state index contributed by atoms with van der Waals surface area (Å²) in [5.41, 5.74) is -0.660. The van der Waals surface area contributed by atoms with Gasteiger partial charge in [-0.3, -0.25) is 9.59 Å². The van der Waals surface area contributed by atoms with Crippen molar-refractivity contribution in [2.75, 3.05) is 6.61 Å². The molecule has 0 spiro atoms. The van der Waals surface area contributed by atoms with Gasteiger partial charge in [-0.25, -0.2) is 13.2 Å². The Kier molecular flexibility index (Phi) is 14.5. The number of halogens is 3. The second-order valence-electron chi connectivity index (χ2n) is 7.74. The van der Waals surface area contributed by atoms with E-state index in [1.807, 2.05) is 0 Å². The predicted molar refractivity (Wildman–Crippen MR) is 113 cm³/mol. The smallest absolute Gasteiger partial charge is 0.306 e. The van der Waals surface area contributed by atoms with Gasteiger partial charge in [0.25, 0.3) is 0 Å². The molecule has 7 heteroatoms. The molecular weight excluding hydrogens is 409 g/mol. The van der Waals surface area contributed by atoms with Crippen LogP contribution in [-0.4, -0.2) is 18.5 Å². The van der Waals surface area contributed by atoms with Crippen LogP contribution in [-0.2, 0) is 25.7 Å². The van der Waals surface area contributed by atoms with Gasteiger partial charge in [0.15, 0.2) is 11.6 Å². The van der Waals surface area contributed by atoms with Gasteiger partial charge in [-0.05, 0) is 18.6 Å². The predicted octanol–water partition coefficient (Wildman–Crippen LogP) is 6.78. The summed E-state index contributed by atoms with van der Waals surface area (Å²) in [5.74, 6) is -4.95. The van der Waals surface area contributed by atoms with Crippen LogP contribution >= 0.6 is 0 Å². The number of hydrogen-bond donors (Lipinski definition) is 0. The number of esters is 2. The maximum absolute atomic E-state index is 13.5. The van der Waals surface area contributed by atoms with Gasteiger partial charge in [0.05, 0.1) is 25.0 Å². The summed E-state index contributed by atoms with van der Waals surface area (Å²) in [6, 6.07) is 1.41. The average molecular weight is 445 g/mol.